The zero-order chi connectivity index (χ0) is 23.9. The number of aromatic amines is 1. The van der Waals surface area contributed by atoms with Crippen LogP contribution in [0.2, 0.25) is 0 Å². The number of morpholine rings is 1. The fourth-order valence-electron chi connectivity index (χ4n) is 5.22. The molecule has 0 atom stereocenters. The van der Waals surface area contributed by atoms with E-state index in [9.17, 15) is 9.59 Å². The molecule has 2 N–H and O–H groups in total. The molecule has 6 rings (SSSR count). The van der Waals surface area contributed by atoms with Crippen LogP contribution in [0.25, 0.3) is 33.0 Å². The smallest absolute Gasteiger partial charge is 0.259 e. The molecule has 0 unspecified atom stereocenters. The molecule has 2 aliphatic rings. The van der Waals surface area contributed by atoms with Crippen molar-refractivity contribution in [3.63, 3.8) is 0 Å². The molecule has 2 aromatic heterocycles. The SMILES string of the molecule is O=C1NC(=O)C(c2cn(CCCN3CCOCC3)c3cccc(F)c23)=C1c1c[nH]c2ccccc12. The van der Waals surface area contributed by atoms with Crippen molar-refractivity contribution in [3.8, 4) is 0 Å². The molecule has 2 aliphatic heterocycles. The van der Waals surface area contributed by atoms with Crippen molar-refractivity contribution in [3.05, 3.63) is 71.8 Å². The molecule has 0 bridgehead atoms. The molecule has 7 nitrogen and oxygen atoms in total. The Morgan fingerprint density at radius 3 is 2.51 bits per heavy atom. The number of aromatic nitrogens is 2. The van der Waals surface area contributed by atoms with Gasteiger partial charge >= 0.3 is 0 Å². The van der Waals surface area contributed by atoms with Gasteiger partial charge in [-0.05, 0) is 24.6 Å². The maximum atomic E-state index is 15.2. The van der Waals surface area contributed by atoms with E-state index in [0.29, 0.717) is 28.6 Å². The van der Waals surface area contributed by atoms with Crippen LogP contribution in [0.5, 0.6) is 0 Å². The molecule has 0 aliphatic carbocycles. The molecule has 178 valence electrons. The Morgan fingerprint density at radius 2 is 1.69 bits per heavy atom. The van der Waals surface area contributed by atoms with Crippen LogP contribution in [0.3, 0.4) is 0 Å². The van der Waals surface area contributed by atoms with E-state index in [-0.39, 0.29) is 11.1 Å². The highest BCUT2D eigenvalue weighted by Gasteiger charge is 2.35. The molecule has 35 heavy (non-hydrogen) atoms. The van der Waals surface area contributed by atoms with E-state index in [2.05, 4.69) is 15.2 Å². The number of benzene rings is 2. The fraction of sp³-hybridized carbons (Fsp3) is 0.259. The van der Waals surface area contributed by atoms with Gasteiger partial charge < -0.3 is 14.3 Å². The molecule has 2 aromatic carbocycles. The first kappa shape index (κ1) is 21.8. The molecule has 0 saturated carbocycles. The molecule has 1 fully saturated rings. The third-order valence-electron chi connectivity index (χ3n) is 6.89. The number of para-hydroxylation sites is 1. The number of nitrogens with one attached hydrogen (secondary N) is 2. The normalized spacial score (nSPS) is 17.2. The van der Waals surface area contributed by atoms with Crippen molar-refractivity contribution in [1.82, 2.24) is 19.8 Å². The first-order chi connectivity index (χ1) is 17.1. The van der Waals surface area contributed by atoms with Gasteiger partial charge in [0.1, 0.15) is 5.82 Å². The lowest BCUT2D eigenvalue weighted by molar-refractivity contribution is -0.122. The summed E-state index contributed by atoms with van der Waals surface area (Å²) in [5.41, 5.74) is 3.11. The third kappa shape index (κ3) is 3.75. The summed E-state index contributed by atoms with van der Waals surface area (Å²) in [7, 11) is 0. The number of hydrogen-bond donors (Lipinski definition) is 2. The summed E-state index contributed by atoms with van der Waals surface area (Å²) in [6.45, 7) is 4.90. The molecule has 8 heteroatoms. The van der Waals surface area contributed by atoms with E-state index in [4.69, 9.17) is 4.74 Å². The molecular formula is C27H25FN4O3. The van der Waals surface area contributed by atoms with Crippen LogP contribution in [-0.2, 0) is 20.9 Å². The van der Waals surface area contributed by atoms with Gasteiger partial charge in [0.15, 0.2) is 0 Å². The standard InChI is InChI=1S/C27H25FN4O3/c28-20-6-3-8-22-23(20)19(16-32(22)10-4-9-31-11-13-35-14-12-31)25-24(26(33)30-27(25)34)18-15-29-21-7-2-1-5-17(18)21/h1-3,5-8,15-16,29H,4,9-14H2,(H,30,33,34). The van der Waals surface area contributed by atoms with Gasteiger partial charge in [0.25, 0.3) is 11.8 Å². The Kier molecular flexibility index (Phi) is 5.47. The monoisotopic (exact) mass is 472 g/mol. The quantitative estimate of drug-likeness (QED) is 0.421. The summed E-state index contributed by atoms with van der Waals surface area (Å²) < 4.78 is 22.6. The van der Waals surface area contributed by atoms with Gasteiger partial charge in [-0.15, -0.1) is 0 Å². The van der Waals surface area contributed by atoms with Gasteiger partial charge in [0, 0.05) is 66.0 Å². The minimum absolute atomic E-state index is 0.210. The van der Waals surface area contributed by atoms with Gasteiger partial charge in [-0.2, -0.15) is 0 Å². The van der Waals surface area contributed by atoms with Crippen LogP contribution in [-0.4, -0.2) is 59.1 Å². The number of halogens is 1. The number of hydrogen-bond acceptors (Lipinski definition) is 4. The van der Waals surface area contributed by atoms with Gasteiger partial charge in [-0.25, -0.2) is 4.39 Å². The van der Waals surface area contributed by atoms with E-state index in [1.165, 1.54) is 6.07 Å². The van der Waals surface area contributed by atoms with Crippen LogP contribution in [0.4, 0.5) is 4.39 Å². The third-order valence-corrected chi connectivity index (χ3v) is 6.89. The number of carbonyl (C=O) groups excluding carboxylic acids is 2. The maximum Gasteiger partial charge on any atom is 0.259 e. The van der Waals surface area contributed by atoms with Gasteiger partial charge in [0.05, 0.1) is 29.9 Å². The first-order valence-electron chi connectivity index (χ1n) is 11.9. The lowest BCUT2D eigenvalue weighted by Gasteiger charge is -2.26. The van der Waals surface area contributed by atoms with E-state index >= 15 is 4.39 Å². The molecule has 4 heterocycles. The number of H-pyrrole nitrogens is 1. The van der Waals surface area contributed by atoms with Crippen molar-refractivity contribution in [2.75, 3.05) is 32.8 Å². The molecule has 2 amide bonds. The van der Waals surface area contributed by atoms with Crippen LogP contribution >= 0.6 is 0 Å². The van der Waals surface area contributed by atoms with Gasteiger partial charge in [-0.1, -0.05) is 24.3 Å². The lowest BCUT2D eigenvalue weighted by atomic mass is 9.95. The predicted molar refractivity (Wildman–Crippen MR) is 132 cm³/mol. The van der Waals surface area contributed by atoms with Crippen molar-refractivity contribution < 1.29 is 18.7 Å². The second kappa shape index (κ2) is 8.79. The predicted octanol–water partition coefficient (Wildman–Crippen LogP) is 3.55. The maximum absolute atomic E-state index is 15.2. The number of imide groups is 1. The number of carbonyl (C=O) groups is 2. The molecule has 0 spiro atoms. The minimum Gasteiger partial charge on any atom is -0.379 e. The Bertz CT molecular complexity index is 1490. The van der Waals surface area contributed by atoms with Crippen LogP contribution < -0.4 is 5.32 Å². The number of aryl methyl sites for hydroxylation is 1. The summed E-state index contributed by atoms with van der Waals surface area (Å²) in [6, 6.07) is 12.5. The van der Waals surface area contributed by atoms with Gasteiger partial charge in [-0.3, -0.25) is 19.8 Å². The number of ether oxygens (including phenoxy) is 1. The van der Waals surface area contributed by atoms with Crippen molar-refractivity contribution in [1.29, 1.82) is 0 Å². The first-order valence-corrected chi connectivity index (χ1v) is 11.9. The summed E-state index contributed by atoms with van der Waals surface area (Å²) in [6.07, 6.45) is 4.42. The highest BCUT2D eigenvalue weighted by Crippen LogP contribution is 2.39. The van der Waals surface area contributed by atoms with E-state index in [0.717, 1.165) is 50.2 Å². The Balaban J connectivity index is 1.45. The summed E-state index contributed by atoms with van der Waals surface area (Å²) in [5.74, 6) is -1.40. The van der Waals surface area contributed by atoms with Gasteiger partial charge in [0.2, 0.25) is 0 Å². The van der Waals surface area contributed by atoms with Crippen LogP contribution in [0.1, 0.15) is 17.5 Å². The Labute approximate surface area is 201 Å². The highest BCUT2D eigenvalue weighted by atomic mass is 19.1. The number of rotatable bonds is 6. The largest absolute Gasteiger partial charge is 0.379 e. The van der Waals surface area contributed by atoms with Crippen molar-refractivity contribution >= 4 is 44.8 Å². The second-order valence-electron chi connectivity index (χ2n) is 8.96. The lowest BCUT2D eigenvalue weighted by Crippen LogP contribution is -2.37. The second-order valence-corrected chi connectivity index (χ2v) is 8.96. The fourth-order valence-corrected chi connectivity index (χ4v) is 5.22. The van der Waals surface area contributed by atoms with Crippen molar-refractivity contribution in [2.45, 2.75) is 13.0 Å². The molecular weight excluding hydrogens is 447 g/mol. The van der Waals surface area contributed by atoms with Crippen LogP contribution in [0.15, 0.2) is 54.9 Å². The Morgan fingerprint density at radius 1 is 0.914 bits per heavy atom. The minimum atomic E-state index is -0.508. The summed E-state index contributed by atoms with van der Waals surface area (Å²) in [5, 5.41) is 3.62. The van der Waals surface area contributed by atoms with E-state index < -0.39 is 17.6 Å². The molecule has 4 aromatic rings. The van der Waals surface area contributed by atoms with Crippen molar-refractivity contribution in [2.24, 2.45) is 0 Å². The number of nitrogens with zero attached hydrogens (tertiary/aromatic N) is 2. The topological polar surface area (TPSA) is 79.4 Å². The molecule has 0 radical (unpaired) electrons. The number of amides is 2. The zero-order valence-corrected chi connectivity index (χ0v) is 19.1. The zero-order valence-electron chi connectivity index (χ0n) is 19.1. The van der Waals surface area contributed by atoms with Crippen LogP contribution in [0, 0.1) is 5.82 Å². The number of fused-ring (bicyclic) bond motifs is 2. The summed E-state index contributed by atoms with van der Waals surface area (Å²) >= 11 is 0. The average Bonchev–Trinajstić information content (AvgIpc) is 3.53. The highest BCUT2D eigenvalue weighted by molar-refractivity contribution is 6.50. The van der Waals surface area contributed by atoms with E-state index in [1.54, 1.807) is 12.3 Å². The Hall–Kier alpha value is -3.75. The summed E-state index contributed by atoms with van der Waals surface area (Å²) in [4.78, 5) is 31.6. The molecule has 1 saturated heterocycles. The van der Waals surface area contributed by atoms with E-state index in [1.807, 2.05) is 41.1 Å². The average molecular weight is 473 g/mol.